The molecule has 1 amide bonds. The molecule has 2 aromatic heterocycles. The number of anilines is 1. The van der Waals surface area contributed by atoms with Gasteiger partial charge < -0.3 is 9.47 Å². The van der Waals surface area contributed by atoms with Crippen molar-refractivity contribution in [2.75, 3.05) is 24.9 Å². The molecular formula is C24H23N3O3S2. The van der Waals surface area contributed by atoms with Crippen LogP contribution < -0.4 is 14.4 Å². The van der Waals surface area contributed by atoms with Gasteiger partial charge in [-0.05, 0) is 48.0 Å². The van der Waals surface area contributed by atoms with Crippen LogP contribution in [-0.4, -0.2) is 35.8 Å². The monoisotopic (exact) mass is 465 g/mol. The van der Waals surface area contributed by atoms with E-state index in [4.69, 9.17) is 14.5 Å². The van der Waals surface area contributed by atoms with Crippen molar-refractivity contribution in [3.8, 4) is 11.5 Å². The van der Waals surface area contributed by atoms with E-state index in [9.17, 15) is 4.79 Å². The van der Waals surface area contributed by atoms with Gasteiger partial charge in [-0.3, -0.25) is 14.7 Å². The Morgan fingerprint density at radius 2 is 1.91 bits per heavy atom. The van der Waals surface area contributed by atoms with Crippen molar-refractivity contribution in [3.63, 3.8) is 0 Å². The molecule has 0 fully saturated rings. The summed E-state index contributed by atoms with van der Waals surface area (Å²) in [6.45, 7) is 0.419. The highest BCUT2D eigenvalue weighted by molar-refractivity contribution is 7.99. The first-order valence-electron chi connectivity index (χ1n) is 10.1. The summed E-state index contributed by atoms with van der Waals surface area (Å²) < 4.78 is 11.6. The average Bonchev–Trinajstić information content (AvgIpc) is 3.27. The molecule has 0 aliphatic heterocycles. The molecule has 0 spiro atoms. The molecule has 0 saturated heterocycles. The molecule has 0 atom stereocenters. The summed E-state index contributed by atoms with van der Waals surface area (Å²) in [5.41, 5.74) is 1.72. The maximum atomic E-state index is 13.3. The van der Waals surface area contributed by atoms with E-state index in [2.05, 4.69) is 4.98 Å². The lowest BCUT2D eigenvalue weighted by Crippen LogP contribution is -2.30. The molecule has 2 aromatic carbocycles. The number of hydrogen-bond donors (Lipinski definition) is 0. The second kappa shape index (κ2) is 10.5. The van der Waals surface area contributed by atoms with Gasteiger partial charge >= 0.3 is 0 Å². The van der Waals surface area contributed by atoms with E-state index in [0.29, 0.717) is 29.6 Å². The van der Waals surface area contributed by atoms with Gasteiger partial charge in [0.05, 0.1) is 25.5 Å². The number of fused-ring (bicyclic) bond motifs is 1. The summed E-state index contributed by atoms with van der Waals surface area (Å²) >= 11 is 3.13. The molecule has 4 rings (SSSR count). The molecule has 32 heavy (non-hydrogen) atoms. The molecule has 0 bridgehead atoms. The second-order valence-electron chi connectivity index (χ2n) is 6.92. The minimum atomic E-state index is 0.0212. The van der Waals surface area contributed by atoms with Crippen LogP contribution in [0.2, 0.25) is 0 Å². The quantitative estimate of drug-likeness (QED) is 0.307. The van der Waals surface area contributed by atoms with Gasteiger partial charge in [-0.15, -0.1) is 11.8 Å². The molecule has 0 aliphatic carbocycles. The highest BCUT2D eigenvalue weighted by Gasteiger charge is 2.21. The van der Waals surface area contributed by atoms with Gasteiger partial charge in [0.2, 0.25) is 5.91 Å². The summed E-state index contributed by atoms with van der Waals surface area (Å²) in [5, 5.41) is 0.660. The summed E-state index contributed by atoms with van der Waals surface area (Å²) in [7, 11) is 3.28. The number of ether oxygens (including phenoxy) is 2. The Kier molecular flexibility index (Phi) is 7.24. The first-order chi connectivity index (χ1) is 15.7. The van der Waals surface area contributed by atoms with E-state index in [1.165, 1.54) is 11.3 Å². The average molecular weight is 466 g/mol. The van der Waals surface area contributed by atoms with Crippen molar-refractivity contribution in [3.05, 3.63) is 72.6 Å². The predicted molar refractivity (Wildman–Crippen MR) is 130 cm³/mol. The van der Waals surface area contributed by atoms with Crippen LogP contribution in [0.15, 0.2) is 71.9 Å². The van der Waals surface area contributed by atoms with E-state index < -0.39 is 0 Å². The zero-order valence-electron chi connectivity index (χ0n) is 17.9. The number of para-hydroxylation sites is 1. The molecule has 0 saturated carbocycles. The predicted octanol–water partition coefficient (Wildman–Crippen LogP) is 5.42. The van der Waals surface area contributed by atoms with E-state index in [1.54, 1.807) is 43.3 Å². The standard InChI is InChI=1S/C24H23N3O3S2/c1-29-18-8-10-19(11-9-18)31-14-12-22(28)27(16-17-5-4-13-25-15-17)24-26-23-20(30-2)6-3-7-21(23)32-24/h3-11,13,15H,12,14,16H2,1-2H3. The summed E-state index contributed by atoms with van der Waals surface area (Å²) in [5.74, 6) is 2.21. The zero-order valence-corrected chi connectivity index (χ0v) is 19.5. The number of benzene rings is 2. The Balaban J connectivity index is 1.52. The van der Waals surface area contributed by atoms with Gasteiger partial charge in [-0.1, -0.05) is 23.5 Å². The summed E-state index contributed by atoms with van der Waals surface area (Å²) in [6, 6.07) is 17.5. The highest BCUT2D eigenvalue weighted by atomic mass is 32.2. The molecule has 8 heteroatoms. The maximum absolute atomic E-state index is 13.3. The molecule has 164 valence electrons. The number of carbonyl (C=O) groups excluding carboxylic acids is 1. The molecule has 0 unspecified atom stereocenters. The van der Waals surface area contributed by atoms with Crippen molar-refractivity contribution in [1.29, 1.82) is 0 Å². The third-order valence-electron chi connectivity index (χ3n) is 4.83. The number of thioether (sulfide) groups is 1. The van der Waals surface area contributed by atoms with Crippen LogP contribution in [0.4, 0.5) is 5.13 Å². The number of nitrogens with zero attached hydrogens (tertiary/aromatic N) is 3. The van der Waals surface area contributed by atoms with Crippen LogP contribution in [0.5, 0.6) is 11.5 Å². The fourth-order valence-electron chi connectivity index (χ4n) is 3.19. The van der Waals surface area contributed by atoms with Crippen LogP contribution in [-0.2, 0) is 11.3 Å². The van der Waals surface area contributed by atoms with Gasteiger partial charge in [0.15, 0.2) is 5.13 Å². The third-order valence-corrected chi connectivity index (χ3v) is 6.89. The van der Waals surface area contributed by atoms with E-state index >= 15 is 0 Å². The normalized spacial score (nSPS) is 10.8. The molecule has 6 nitrogen and oxygen atoms in total. The number of carbonyl (C=O) groups is 1. The number of amides is 1. The lowest BCUT2D eigenvalue weighted by atomic mass is 10.2. The van der Waals surface area contributed by atoms with Crippen LogP contribution in [0.1, 0.15) is 12.0 Å². The number of pyridine rings is 1. The first kappa shape index (κ1) is 22.1. The smallest absolute Gasteiger partial charge is 0.229 e. The molecule has 0 N–H and O–H groups in total. The van der Waals surface area contributed by atoms with Crippen LogP contribution >= 0.6 is 23.1 Å². The summed E-state index contributed by atoms with van der Waals surface area (Å²) in [4.78, 5) is 25.1. The van der Waals surface area contributed by atoms with Crippen molar-refractivity contribution >= 4 is 44.4 Å². The first-order valence-corrected chi connectivity index (χ1v) is 11.9. The number of methoxy groups -OCH3 is 2. The maximum Gasteiger partial charge on any atom is 0.229 e. The minimum Gasteiger partial charge on any atom is -0.497 e. The van der Waals surface area contributed by atoms with E-state index in [0.717, 1.165) is 26.4 Å². The molecule has 0 aliphatic rings. The lowest BCUT2D eigenvalue weighted by molar-refractivity contribution is -0.118. The van der Waals surface area contributed by atoms with Gasteiger partial charge in [0.25, 0.3) is 0 Å². The van der Waals surface area contributed by atoms with E-state index in [-0.39, 0.29) is 5.91 Å². The fraction of sp³-hybridized carbons (Fsp3) is 0.208. The van der Waals surface area contributed by atoms with Gasteiger partial charge in [0.1, 0.15) is 17.0 Å². The highest BCUT2D eigenvalue weighted by Crippen LogP contribution is 2.35. The molecule has 4 aromatic rings. The Hall–Kier alpha value is -3.10. The third kappa shape index (κ3) is 5.20. The number of thiazole rings is 1. The van der Waals surface area contributed by atoms with Crippen molar-refractivity contribution < 1.29 is 14.3 Å². The topological polar surface area (TPSA) is 64.5 Å². The second-order valence-corrected chi connectivity index (χ2v) is 9.10. The molecule has 2 heterocycles. The van der Waals surface area contributed by atoms with Crippen molar-refractivity contribution in [2.24, 2.45) is 0 Å². The fourth-order valence-corrected chi connectivity index (χ4v) is 5.03. The Morgan fingerprint density at radius 3 is 2.62 bits per heavy atom. The SMILES string of the molecule is COc1ccc(SCCC(=O)N(Cc2cccnc2)c2nc3c(OC)cccc3s2)cc1. The lowest BCUT2D eigenvalue weighted by Gasteiger charge is -2.20. The Morgan fingerprint density at radius 1 is 1.06 bits per heavy atom. The van der Waals surface area contributed by atoms with Crippen LogP contribution in [0.25, 0.3) is 10.2 Å². The van der Waals surface area contributed by atoms with E-state index in [1.807, 2.05) is 54.6 Å². The Labute approximate surface area is 195 Å². The number of rotatable bonds is 9. The number of aromatic nitrogens is 2. The van der Waals surface area contributed by atoms with Gasteiger partial charge in [0, 0.05) is 29.5 Å². The largest absolute Gasteiger partial charge is 0.497 e. The van der Waals surface area contributed by atoms with Crippen molar-refractivity contribution in [2.45, 2.75) is 17.9 Å². The summed E-state index contributed by atoms with van der Waals surface area (Å²) in [6.07, 6.45) is 3.90. The van der Waals surface area contributed by atoms with Crippen molar-refractivity contribution in [1.82, 2.24) is 9.97 Å². The number of hydrogen-bond acceptors (Lipinski definition) is 7. The van der Waals surface area contributed by atoms with Crippen LogP contribution in [0.3, 0.4) is 0 Å². The molecular weight excluding hydrogens is 442 g/mol. The minimum absolute atomic E-state index is 0.0212. The zero-order chi connectivity index (χ0) is 22.3. The Bertz CT molecular complexity index is 1180. The molecule has 0 radical (unpaired) electrons. The van der Waals surface area contributed by atoms with Gasteiger partial charge in [-0.25, -0.2) is 4.98 Å². The van der Waals surface area contributed by atoms with Crippen LogP contribution in [0, 0.1) is 0 Å². The van der Waals surface area contributed by atoms with Gasteiger partial charge in [-0.2, -0.15) is 0 Å².